The van der Waals surface area contributed by atoms with Crippen molar-refractivity contribution in [1.82, 2.24) is 10.6 Å². The summed E-state index contributed by atoms with van der Waals surface area (Å²) in [6.07, 6.45) is 4.22. The van der Waals surface area contributed by atoms with Gasteiger partial charge in [0.25, 0.3) is 5.91 Å². The molecule has 0 saturated carbocycles. The normalized spacial score (nSPS) is 13.5. The highest BCUT2D eigenvalue weighted by molar-refractivity contribution is 6.02. The van der Waals surface area contributed by atoms with E-state index in [1.807, 2.05) is 12.1 Å². The van der Waals surface area contributed by atoms with Gasteiger partial charge in [-0.05, 0) is 37.5 Å². The van der Waals surface area contributed by atoms with E-state index in [1.165, 1.54) is 0 Å². The summed E-state index contributed by atoms with van der Waals surface area (Å²) in [6.45, 7) is 5.52. The molecule has 0 unspecified atom stereocenters. The van der Waals surface area contributed by atoms with Crippen molar-refractivity contribution >= 4 is 23.3 Å². The van der Waals surface area contributed by atoms with Gasteiger partial charge in [0.15, 0.2) is 0 Å². The Balaban J connectivity index is 2.11. The number of benzene rings is 1. The Bertz CT molecular complexity index is 600. The molecule has 1 aromatic rings. The molecule has 0 bridgehead atoms. The molecule has 1 saturated heterocycles. The van der Waals surface area contributed by atoms with Crippen LogP contribution in [-0.2, 0) is 4.74 Å². The summed E-state index contributed by atoms with van der Waals surface area (Å²) in [6, 6.07) is 5.25. The molecule has 1 aliphatic rings. The van der Waals surface area contributed by atoms with Crippen LogP contribution >= 0.6 is 0 Å². The van der Waals surface area contributed by atoms with Gasteiger partial charge in [0, 0.05) is 44.7 Å². The maximum atomic E-state index is 12.6. The standard InChI is InChI=1S/C19H30N4O3/c1-3-4-9-21-19(25)22-15-7-8-17(23-11-5-6-12-23)16(14-15)18(24)20-10-13-26-2/h7-8,14H,3-6,9-13H2,1-2H3,(H,20,24)(H2,21,22,25). The van der Waals surface area contributed by atoms with E-state index in [0.29, 0.717) is 30.9 Å². The lowest BCUT2D eigenvalue weighted by molar-refractivity contribution is 0.0937. The van der Waals surface area contributed by atoms with Gasteiger partial charge >= 0.3 is 6.03 Å². The molecule has 7 nitrogen and oxygen atoms in total. The molecule has 1 fully saturated rings. The number of methoxy groups -OCH3 is 1. The summed E-state index contributed by atoms with van der Waals surface area (Å²) < 4.78 is 4.99. The second-order valence-electron chi connectivity index (χ2n) is 6.41. The van der Waals surface area contributed by atoms with Crippen LogP contribution in [0.2, 0.25) is 0 Å². The van der Waals surface area contributed by atoms with Crippen molar-refractivity contribution in [3.63, 3.8) is 0 Å². The first-order valence-electron chi connectivity index (χ1n) is 9.36. The predicted octanol–water partition coefficient (Wildman–Crippen LogP) is 2.58. The molecule has 1 aliphatic heterocycles. The molecule has 7 heteroatoms. The fourth-order valence-electron chi connectivity index (χ4n) is 2.95. The van der Waals surface area contributed by atoms with Gasteiger partial charge in [-0.1, -0.05) is 13.3 Å². The zero-order valence-electron chi connectivity index (χ0n) is 15.8. The second-order valence-corrected chi connectivity index (χ2v) is 6.41. The summed E-state index contributed by atoms with van der Waals surface area (Å²) in [5.41, 5.74) is 2.10. The van der Waals surface area contributed by atoms with E-state index in [2.05, 4.69) is 27.8 Å². The minimum atomic E-state index is -0.252. The van der Waals surface area contributed by atoms with Crippen LogP contribution in [-0.4, -0.2) is 51.8 Å². The zero-order valence-corrected chi connectivity index (χ0v) is 15.8. The van der Waals surface area contributed by atoms with E-state index in [9.17, 15) is 9.59 Å². The molecule has 26 heavy (non-hydrogen) atoms. The number of nitrogens with one attached hydrogen (secondary N) is 3. The van der Waals surface area contributed by atoms with Crippen molar-refractivity contribution in [3.8, 4) is 0 Å². The first kappa shape index (κ1) is 20.0. The Kier molecular flexibility index (Phi) is 8.21. The van der Waals surface area contributed by atoms with E-state index in [0.717, 1.165) is 44.5 Å². The highest BCUT2D eigenvalue weighted by Gasteiger charge is 2.20. The summed E-state index contributed by atoms with van der Waals surface area (Å²) >= 11 is 0. The number of carbonyl (C=O) groups is 2. The van der Waals surface area contributed by atoms with E-state index >= 15 is 0 Å². The van der Waals surface area contributed by atoms with Gasteiger partial charge in [0.1, 0.15) is 0 Å². The van der Waals surface area contributed by atoms with Crippen molar-refractivity contribution in [2.24, 2.45) is 0 Å². The molecule has 144 valence electrons. The van der Waals surface area contributed by atoms with Crippen molar-refractivity contribution in [1.29, 1.82) is 0 Å². The number of rotatable bonds is 9. The number of anilines is 2. The Morgan fingerprint density at radius 2 is 1.92 bits per heavy atom. The largest absolute Gasteiger partial charge is 0.383 e. The van der Waals surface area contributed by atoms with Gasteiger partial charge < -0.3 is 25.6 Å². The third kappa shape index (κ3) is 5.91. The first-order chi connectivity index (χ1) is 12.7. The van der Waals surface area contributed by atoms with Crippen LogP contribution in [0.1, 0.15) is 43.0 Å². The average molecular weight is 362 g/mol. The third-order valence-corrected chi connectivity index (χ3v) is 4.35. The van der Waals surface area contributed by atoms with E-state index in [-0.39, 0.29) is 11.9 Å². The Hall–Kier alpha value is -2.28. The zero-order chi connectivity index (χ0) is 18.8. The smallest absolute Gasteiger partial charge is 0.319 e. The van der Waals surface area contributed by atoms with E-state index in [1.54, 1.807) is 13.2 Å². The molecule has 1 heterocycles. The molecule has 0 spiro atoms. The first-order valence-corrected chi connectivity index (χ1v) is 9.36. The molecule has 0 atom stereocenters. The molecule has 0 radical (unpaired) electrons. The number of unbranched alkanes of at least 4 members (excludes halogenated alkanes) is 1. The maximum absolute atomic E-state index is 12.6. The lowest BCUT2D eigenvalue weighted by Gasteiger charge is -2.22. The second kappa shape index (κ2) is 10.7. The SMILES string of the molecule is CCCCNC(=O)Nc1ccc(N2CCCC2)c(C(=O)NCCOC)c1. The van der Waals surface area contributed by atoms with Crippen molar-refractivity contribution in [2.75, 3.05) is 50.1 Å². The highest BCUT2D eigenvalue weighted by Crippen LogP contribution is 2.27. The van der Waals surface area contributed by atoms with Gasteiger partial charge in [0.2, 0.25) is 0 Å². The highest BCUT2D eigenvalue weighted by atomic mass is 16.5. The number of nitrogens with zero attached hydrogens (tertiary/aromatic N) is 1. The fraction of sp³-hybridized carbons (Fsp3) is 0.579. The molecule has 2 rings (SSSR count). The van der Waals surface area contributed by atoms with Crippen LogP contribution in [0.5, 0.6) is 0 Å². The van der Waals surface area contributed by atoms with Gasteiger partial charge in [0.05, 0.1) is 12.2 Å². The van der Waals surface area contributed by atoms with Crippen molar-refractivity contribution in [3.05, 3.63) is 23.8 Å². The number of hydrogen-bond acceptors (Lipinski definition) is 4. The Morgan fingerprint density at radius 3 is 2.62 bits per heavy atom. The van der Waals surface area contributed by atoms with Gasteiger partial charge in [-0.25, -0.2) is 4.79 Å². The quantitative estimate of drug-likeness (QED) is 0.590. The number of amides is 3. The van der Waals surface area contributed by atoms with Gasteiger partial charge in [-0.3, -0.25) is 4.79 Å². The molecular weight excluding hydrogens is 332 g/mol. The van der Waals surface area contributed by atoms with Crippen LogP contribution in [0.25, 0.3) is 0 Å². The monoisotopic (exact) mass is 362 g/mol. The molecule has 3 N–H and O–H groups in total. The minimum absolute atomic E-state index is 0.154. The Labute approximate surface area is 155 Å². The third-order valence-electron chi connectivity index (χ3n) is 4.35. The fourth-order valence-corrected chi connectivity index (χ4v) is 2.95. The number of hydrogen-bond donors (Lipinski definition) is 3. The maximum Gasteiger partial charge on any atom is 0.319 e. The van der Waals surface area contributed by atoms with Crippen LogP contribution in [0.4, 0.5) is 16.2 Å². The molecule has 0 aliphatic carbocycles. The van der Waals surface area contributed by atoms with E-state index < -0.39 is 0 Å². The summed E-state index contributed by atoms with van der Waals surface area (Å²) in [5, 5.41) is 8.49. The molecular formula is C19H30N4O3. The van der Waals surface area contributed by atoms with Crippen LogP contribution in [0.15, 0.2) is 18.2 Å². The van der Waals surface area contributed by atoms with Gasteiger partial charge in [-0.15, -0.1) is 0 Å². The molecule has 0 aromatic heterocycles. The molecule has 3 amide bonds. The van der Waals surface area contributed by atoms with Crippen LogP contribution < -0.4 is 20.9 Å². The van der Waals surface area contributed by atoms with Crippen LogP contribution in [0.3, 0.4) is 0 Å². The van der Waals surface area contributed by atoms with Gasteiger partial charge in [-0.2, -0.15) is 0 Å². The number of ether oxygens (including phenoxy) is 1. The minimum Gasteiger partial charge on any atom is -0.383 e. The lowest BCUT2D eigenvalue weighted by Crippen LogP contribution is -2.31. The van der Waals surface area contributed by atoms with E-state index in [4.69, 9.17) is 4.74 Å². The molecule has 1 aromatic carbocycles. The number of urea groups is 1. The van der Waals surface area contributed by atoms with Crippen molar-refractivity contribution < 1.29 is 14.3 Å². The predicted molar refractivity (Wildman–Crippen MR) is 104 cm³/mol. The van der Waals surface area contributed by atoms with Crippen molar-refractivity contribution in [2.45, 2.75) is 32.6 Å². The lowest BCUT2D eigenvalue weighted by atomic mass is 10.1. The van der Waals surface area contributed by atoms with Crippen LogP contribution in [0, 0.1) is 0 Å². The topological polar surface area (TPSA) is 82.7 Å². The summed E-state index contributed by atoms with van der Waals surface area (Å²) in [7, 11) is 1.60. The summed E-state index contributed by atoms with van der Waals surface area (Å²) in [5.74, 6) is -0.154. The average Bonchev–Trinajstić information content (AvgIpc) is 3.16. The number of carbonyl (C=O) groups excluding carboxylic acids is 2. The summed E-state index contributed by atoms with van der Waals surface area (Å²) in [4.78, 5) is 26.8. The Morgan fingerprint density at radius 1 is 1.15 bits per heavy atom.